The van der Waals surface area contributed by atoms with Crippen LogP contribution in [-0.2, 0) is 0 Å². The summed E-state index contributed by atoms with van der Waals surface area (Å²) in [5, 5.41) is 8.60. The van der Waals surface area contributed by atoms with Crippen LogP contribution in [0.15, 0.2) is 36.4 Å². The summed E-state index contributed by atoms with van der Waals surface area (Å²) < 4.78 is 1.72. The van der Waals surface area contributed by atoms with E-state index in [1.807, 2.05) is 6.92 Å². The molecule has 0 radical (unpaired) electrons. The quantitative estimate of drug-likeness (QED) is 0.782. The summed E-state index contributed by atoms with van der Waals surface area (Å²) in [6.07, 6.45) is 0. The van der Waals surface area contributed by atoms with Crippen molar-refractivity contribution in [1.29, 1.82) is 0 Å². The smallest absolute Gasteiger partial charge is 0.155 e. The van der Waals surface area contributed by atoms with E-state index in [1.165, 1.54) is 11.1 Å². The van der Waals surface area contributed by atoms with E-state index >= 15 is 0 Å². The average molecular weight is 292 g/mol. The molecule has 0 spiro atoms. The van der Waals surface area contributed by atoms with Gasteiger partial charge < -0.3 is 5.73 Å². The Bertz CT molecular complexity index is 777. The molecule has 0 aliphatic carbocycles. The van der Waals surface area contributed by atoms with Crippen LogP contribution in [0.5, 0.6) is 0 Å². The van der Waals surface area contributed by atoms with E-state index in [2.05, 4.69) is 67.5 Å². The Labute approximate surface area is 130 Å². The lowest BCUT2D eigenvalue weighted by molar-refractivity contribution is 0.805. The van der Waals surface area contributed by atoms with Gasteiger partial charge in [0.05, 0.1) is 5.69 Å². The maximum absolute atomic E-state index is 6.34. The van der Waals surface area contributed by atoms with E-state index in [0.29, 0.717) is 5.82 Å². The number of hydrogen-bond donors (Lipinski definition) is 1. The highest BCUT2D eigenvalue weighted by molar-refractivity contribution is 5.74. The fourth-order valence-electron chi connectivity index (χ4n) is 2.60. The molecule has 3 aromatic rings. The van der Waals surface area contributed by atoms with Gasteiger partial charge in [0.1, 0.15) is 5.69 Å². The van der Waals surface area contributed by atoms with Gasteiger partial charge in [-0.25, -0.2) is 0 Å². The molecule has 22 heavy (non-hydrogen) atoms. The van der Waals surface area contributed by atoms with Crippen LogP contribution in [0.3, 0.4) is 0 Å². The van der Waals surface area contributed by atoms with Crippen molar-refractivity contribution in [2.75, 3.05) is 5.73 Å². The van der Waals surface area contributed by atoms with Crippen LogP contribution >= 0.6 is 0 Å². The first-order chi connectivity index (χ1) is 10.5. The average Bonchev–Trinajstić information content (AvgIpc) is 2.86. The van der Waals surface area contributed by atoms with E-state index in [0.717, 1.165) is 28.1 Å². The number of nitrogens with two attached hydrogens (primary N) is 1. The van der Waals surface area contributed by atoms with Crippen LogP contribution in [0.2, 0.25) is 0 Å². The molecule has 3 rings (SSSR count). The van der Waals surface area contributed by atoms with Crippen molar-refractivity contribution in [3.8, 4) is 16.9 Å². The second-order valence-electron chi connectivity index (χ2n) is 5.84. The summed E-state index contributed by atoms with van der Waals surface area (Å²) in [4.78, 5) is 0. The molecule has 0 aliphatic rings. The van der Waals surface area contributed by atoms with E-state index in [9.17, 15) is 0 Å². The largest absolute Gasteiger partial charge is 0.382 e. The van der Waals surface area contributed by atoms with Crippen molar-refractivity contribution in [1.82, 2.24) is 15.0 Å². The third-order valence-electron chi connectivity index (χ3n) is 3.95. The topological polar surface area (TPSA) is 56.7 Å². The second-order valence-corrected chi connectivity index (χ2v) is 5.84. The first-order valence-corrected chi connectivity index (χ1v) is 7.34. The van der Waals surface area contributed by atoms with E-state index in [-0.39, 0.29) is 0 Å². The van der Waals surface area contributed by atoms with Gasteiger partial charge in [-0.15, -0.1) is 5.10 Å². The highest BCUT2D eigenvalue weighted by Gasteiger charge is 2.16. The number of rotatable bonds is 2. The van der Waals surface area contributed by atoms with Crippen molar-refractivity contribution in [3.05, 3.63) is 58.7 Å². The Kier molecular flexibility index (Phi) is 3.45. The molecule has 0 unspecified atom stereocenters. The minimum absolute atomic E-state index is 0.572. The molecule has 1 aromatic heterocycles. The van der Waals surface area contributed by atoms with Gasteiger partial charge in [-0.1, -0.05) is 35.0 Å². The van der Waals surface area contributed by atoms with Gasteiger partial charge >= 0.3 is 0 Å². The predicted molar refractivity (Wildman–Crippen MR) is 90.2 cm³/mol. The third-order valence-corrected chi connectivity index (χ3v) is 3.95. The van der Waals surface area contributed by atoms with Crippen LogP contribution < -0.4 is 5.73 Å². The minimum Gasteiger partial charge on any atom is -0.382 e. The lowest BCUT2D eigenvalue weighted by Crippen LogP contribution is -2.04. The molecule has 0 fully saturated rings. The Morgan fingerprint density at radius 3 is 2.23 bits per heavy atom. The van der Waals surface area contributed by atoms with Crippen molar-refractivity contribution < 1.29 is 0 Å². The summed E-state index contributed by atoms with van der Waals surface area (Å²) in [5.41, 5.74) is 13.7. The SMILES string of the molecule is Cc1ccc(C)c(-c2nnn(-c3cc(C)ccc3C)c2N)c1. The molecule has 0 amide bonds. The first-order valence-electron chi connectivity index (χ1n) is 7.34. The van der Waals surface area contributed by atoms with Crippen molar-refractivity contribution >= 4 is 5.82 Å². The molecule has 4 nitrogen and oxygen atoms in total. The Morgan fingerprint density at radius 1 is 0.864 bits per heavy atom. The van der Waals surface area contributed by atoms with Gasteiger partial charge in [0.25, 0.3) is 0 Å². The van der Waals surface area contributed by atoms with Crippen LogP contribution in [0.1, 0.15) is 22.3 Å². The number of aromatic nitrogens is 3. The van der Waals surface area contributed by atoms with Gasteiger partial charge in [-0.2, -0.15) is 4.68 Å². The fraction of sp³-hybridized carbons (Fsp3) is 0.222. The zero-order valence-electron chi connectivity index (χ0n) is 13.4. The van der Waals surface area contributed by atoms with Crippen LogP contribution in [-0.4, -0.2) is 15.0 Å². The maximum Gasteiger partial charge on any atom is 0.155 e. The number of nitrogen functional groups attached to an aromatic ring is 1. The molecule has 112 valence electrons. The zero-order valence-corrected chi connectivity index (χ0v) is 13.4. The number of aryl methyl sites for hydroxylation is 4. The standard InChI is InChI=1S/C18H20N4/c1-11-5-7-13(3)15(9-11)17-18(19)22(21-20-17)16-10-12(2)6-8-14(16)4/h5-10H,19H2,1-4H3. The lowest BCUT2D eigenvalue weighted by atomic mass is 10.0. The van der Waals surface area contributed by atoms with Crippen molar-refractivity contribution in [2.45, 2.75) is 27.7 Å². The van der Waals surface area contributed by atoms with E-state index < -0.39 is 0 Å². The van der Waals surface area contributed by atoms with Gasteiger partial charge in [-0.3, -0.25) is 0 Å². The van der Waals surface area contributed by atoms with Crippen LogP contribution in [0.4, 0.5) is 5.82 Å². The Morgan fingerprint density at radius 2 is 1.50 bits per heavy atom. The van der Waals surface area contributed by atoms with E-state index in [4.69, 9.17) is 5.73 Å². The summed E-state index contributed by atoms with van der Waals surface area (Å²) in [6, 6.07) is 12.5. The molecule has 4 heteroatoms. The summed E-state index contributed by atoms with van der Waals surface area (Å²) in [6.45, 7) is 8.23. The minimum atomic E-state index is 0.572. The first kappa shape index (κ1) is 14.3. The summed E-state index contributed by atoms with van der Waals surface area (Å²) >= 11 is 0. The molecule has 1 heterocycles. The molecule has 0 bridgehead atoms. The maximum atomic E-state index is 6.34. The van der Waals surface area contributed by atoms with Crippen molar-refractivity contribution in [2.24, 2.45) is 0 Å². The lowest BCUT2D eigenvalue weighted by Gasteiger charge is -2.09. The van der Waals surface area contributed by atoms with Crippen LogP contribution in [0.25, 0.3) is 16.9 Å². The number of benzene rings is 2. The Hall–Kier alpha value is -2.62. The summed E-state index contributed by atoms with van der Waals surface area (Å²) in [5.74, 6) is 0.572. The molecule has 0 atom stereocenters. The predicted octanol–water partition coefficient (Wildman–Crippen LogP) is 3.75. The third kappa shape index (κ3) is 2.37. The Balaban J connectivity index is 2.17. The molecule has 0 saturated heterocycles. The number of anilines is 1. The molecule has 2 aromatic carbocycles. The molecule has 0 aliphatic heterocycles. The number of nitrogens with zero attached hydrogens (tertiary/aromatic N) is 3. The zero-order chi connectivity index (χ0) is 15.9. The van der Waals surface area contributed by atoms with Gasteiger partial charge in [0.2, 0.25) is 0 Å². The van der Waals surface area contributed by atoms with Crippen molar-refractivity contribution in [3.63, 3.8) is 0 Å². The van der Waals surface area contributed by atoms with Gasteiger partial charge in [0, 0.05) is 5.56 Å². The monoisotopic (exact) mass is 292 g/mol. The molecule has 2 N–H and O–H groups in total. The molecule has 0 saturated carbocycles. The highest BCUT2D eigenvalue weighted by Crippen LogP contribution is 2.29. The van der Waals surface area contributed by atoms with E-state index in [1.54, 1.807) is 4.68 Å². The fourth-order valence-corrected chi connectivity index (χ4v) is 2.60. The second kappa shape index (κ2) is 5.30. The molecular weight excluding hydrogens is 272 g/mol. The number of hydrogen-bond acceptors (Lipinski definition) is 3. The molecular formula is C18H20N4. The van der Waals surface area contributed by atoms with Crippen LogP contribution in [0, 0.1) is 27.7 Å². The van der Waals surface area contributed by atoms with Gasteiger partial charge in [-0.05, 0) is 56.5 Å². The normalized spacial score (nSPS) is 10.9. The van der Waals surface area contributed by atoms with Gasteiger partial charge in [0.15, 0.2) is 5.82 Å². The summed E-state index contributed by atoms with van der Waals surface area (Å²) in [7, 11) is 0. The highest BCUT2D eigenvalue weighted by atomic mass is 15.5.